The Morgan fingerprint density at radius 1 is 1.25 bits per heavy atom. The van der Waals surface area contributed by atoms with Gasteiger partial charge in [0.25, 0.3) is 5.91 Å². The number of phenols is 1. The zero-order chi connectivity index (χ0) is 20.6. The van der Waals surface area contributed by atoms with Crippen LogP contribution in [0.2, 0.25) is 5.02 Å². The fraction of sp³-hybridized carbons (Fsp3) is 0.200. The summed E-state index contributed by atoms with van der Waals surface area (Å²) in [5, 5.41) is 22.2. The highest BCUT2D eigenvalue weighted by Gasteiger charge is 2.20. The second-order valence-electron chi connectivity index (χ2n) is 6.54. The van der Waals surface area contributed by atoms with Gasteiger partial charge in [0.05, 0.1) is 23.0 Å². The van der Waals surface area contributed by atoms with Gasteiger partial charge in [0.15, 0.2) is 0 Å². The zero-order valence-electron chi connectivity index (χ0n) is 15.2. The van der Waals surface area contributed by atoms with Gasteiger partial charge in [-0.15, -0.1) is 0 Å². The number of amides is 1. The van der Waals surface area contributed by atoms with Gasteiger partial charge in [-0.2, -0.15) is 0 Å². The lowest BCUT2D eigenvalue weighted by Crippen LogP contribution is -2.28. The minimum Gasteiger partial charge on any atom is -0.506 e. The molecule has 3 N–H and O–H groups in total. The lowest BCUT2D eigenvalue weighted by Gasteiger charge is -2.16. The molecule has 0 aliphatic carbocycles. The van der Waals surface area contributed by atoms with Crippen molar-refractivity contribution in [2.45, 2.75) is 19.4 Å². The first kappa shape index (κ1) is 19.7. The van der Waals surface area contributed by atoms with Crippen LogP contribution in [0, 0.1) is 5.82 Å². The number of carboxylic acid groups (broad SMARTS) is 1. The van der Waals surface area contributed by atoms with Gasteiger partial charge < -0.3 is 20.1 Å². The molecule has 2 aromatic carbocycles. The maximum absolute atomic E-state index is 14.4. The third-order valence-corrected chi connectivity index (χ3v) is 4.92. The lowest BCUT2D eigenvalue weighted by molar-refractivity contribution is -0.136. The van der Waals surface area contributed by atoms with Gasteiger partial charge in [0.2, 0.25) is 0 Å². The number of carbonyl (C=O) groups is 2. The van der Waals surface area contributed by atoms with Crippen molar-refractivity contribution in [3.05, 3.63) is 64.1 Å². The zero-order valence-corrected chi connectivity index (χ0v) is 15.9. The van der Waals surface area contributed by atoms with E-state index in [0.717, 1.165) is 6.07 Å². The number of aromatic hydroxyl groups is 1. The van der Waals surface area contributed by atoms with Gasteiger partial charge in [-0.3, -0.25) is 9.59 Å². The summed E-state index contributed by atoms with van der Waals surface area (Å²) < 4.78 is 16.0. The molecule has 3 rings (SSSR count). The van der Waals surface area contributed by atoms with Crippen molar-refractivity contribution >= 4 is 34.4 Å². The number of halogens is 2. The first-order chi connectivity index (χ1) is 13.2. The molecule has 0 radical (unpaired) electrons. The van der Waals surface area contributed by atoms with Gasteiger partial charge in [0.1, 0.15) is 17.3 Å². The fourth-order valence-corrected chi connectivity index (χ4v) is 3.31. The average Bonchev–Trinajstić information content (AvgIpc) is 2.95. The highest BCUT2D eigenvalue weighted by Crippen LogP contribution is 2.34. The Hall–Kier alpha value is -3.06. The van der Waals surface area contributed by atoms with Crippen molar-refractivity contribution in [3.8, 4) is 5.75 Å². The second-order valence-corrected chi connectivity index (χ2v) is 6.95. The Morgan fingerprint density at radius 2 is 1.96 bits per heavy atom. The number of benzene rings is 2. The molecule has 0 spiro atoms. The second kappa shape index (κ2) is 7.52. The largest absolute Gasteiger partial charge is 0.506 e. The van der Waals surface area contributed by atoms with E-state index in [9.17, 15) is 19.1 Å². The molecule has 0 saturated heterocycles. The van der Waals surface area contributed by atoms with Crippen LogP contribution in [0.15, 0.2) is 36.4 Å². The molecule has 1 unspecified atom stereocenters. The molecule has 3 aromatic rings. The number of aryl methyl sites for hydroxylation is 1. The Kier molecular flexibility index (Phi) is 5.29. The molecular weight excluding hydrogens is 387 g/mol. The van der Waals surface area contributed by atoms with Gasteiger partial charge in [-0.05, 0) is 36.8 Å². The number of nitrogens with one attached hydrogen (secondary N) is 1. The van der Waals surface area contributed by atoms with E-state index in [1.54, 1.807) is 24.6 Å². The molecule has 1 heterocycles. The number of phenolic OH excluding ortho intramolecular Hbond substituents is 1. The third kappa shape index (κ3) is 3.66. The Bertz CT molecular complexity index is 1090. The van der Waals surface area contributed by atoms with E-state index in [4.69, 9.17) is 16.7 Å². The molecule has 0 aliphatic heterocycles. The summed E-state index contributed by atoms with van der Waals surface area (Å²) in [5.74, 6) is -2.20. The molecule has 1 amide bonds. The van der Waals surface area contributed by atoms with Crippen LogP contribution >= 0.6 is 11.6 Å². The summed E-state index contributed by atoms with van der Waals surface area (Å²) in [6, 6.07) is 8.24. The number of carboxylic acids is 1. The van der Waals surface area contributed by atoms with Crippen molar-refractivity contribution in [1.82, 2.24) is 9.88 Å². The van der Waals surface area contributed by atoms with E-state index in [-0.39, 0.29) is 28.5 Å². The van der Waals surface area contributed by atoms with Crippen LogP contribution in [0.5, 0.6) is 5.75 Å². The molecule has 0 aliphatic rings. The van der Waals surface area contributed by atoms with E-state index in [2.05, 4.69) is 5.32 Å². The molecule has 0 saturated carbocycles. The summed E-state index contributed by atoms with van der Waals surface area (Å²) in [7, 11) is 1.68. The van der Waals surface area contributed by atoms with Crippen LogP contribution in [0.25, 0.3) is 10.9 Å². The molecule has 8 heteroatoms. The van der Waals surface area contributed by atoms with Gasteiger partial charge in [0, 0.05) is 18.0 Å². The number of hydrogen-bond donors (Lipinski definition) is 3. The summed E-state index contributed by atoms with van der Waals surface area (Å²) in [5.41, 5.74) is 1.49. The highest BCUT2D eigenvalue weighted by atomic mass is 35.5. The van der Waals surface area contributed by atoms with Crippen LogP contribution in [0.1, 0.15) is 34.6 Å². The summed E-state index contributed by atoms with van der Waals surface area (Å²) >= 11 is 5.92. The highest BCUT2D eigenvalue weighted by molar-refractivity contribution is 6.33. The number of rotatable bonds is 5. The van der Waals surface area contributed by atoms with Crippen LogP contribution in [0.4, 0.5) is 4.39 Å². The minimum absolute atomic E-state index is 0.109. The van der Waals surface area contributed by atoms with E-state index in [0.29, 0.717) is 16.5 Å². The molecular formula is C20H18ClFN2O4. The normalized spacial score (nSPS) is 12.1. The molecule has 0 bridgehead atoms. The predicted octanol–water partition coefficient (Wildman–Crippen LogP) is 3.79. The van der Waals surface area contributed by atoms with Crippen LogP contribution < -0.4 is 5.32 Å². The van der Waals surface area contributed by atoms with E-state index < -0.39 is 23.7 Å². The number of fused-ring (bicyclic) bond motifs is 1. The molecule has 146 valence electrons. The number of hydrogen-bond acceptors (Lipinski definition) is 3. The van der Waals surface area contributed by atoms with Crippen LogP contribution in [-0.4, -0.2) is 26.7 Å². The van der Waals surface area contributed by atoms with E-state index in [1.165, 1.54) is 24.3 Å². The number of aliphatic carboxylic acids is 1. The van der Waals surface area contributed by atoms with Gasteiger partial charge >= 0.3 is 5.97 Å². The quantitative estimate of drug-likeness (QED) is 0.603. The smallest absolute Gasteiger partial charge is 0.307 e. The lowest BCUT2D eigenvalue weighted by atomic mass is 10.0. The van der Waals surface area contributed by atoms with Crippen molar-refractivity contribution in [3.63, 3.8) is 0 Å². The van der Waals surface area contributed by atoms with Crippen molar-refractivity contribution in [2.75, 3.05) is 0 Å². The van der Waals surface area contributed by atoms with Crippen molar-refractivity contribution in [2.24, 2.45) is 7.05 Å². The standard InChI is InChI=1S/C20H18ClFN2O4/c1-10(12-4-3-11(7-15(12)22)8-18(25)26)23-20(28)17-9-13-16(24(17)2)6-5-14(21)19(13)27/h3-7,9-10,27H,8H2,1-2H3,(H,23,28)(H,25,26). The van der Waals surface area contributed by atoms with E-state index >= 15 is 0 Å². The summed E-state index contributed by atoms with van der Waals surface area (Å²) in [6.07, 6.45) is -0.278. The number of aromatic nitrogens is 1. The number of nitrogens with zero attached hydrogens (tertiary/aromatic N) is 1. The Morgan fingerprint density at radius 3 is 2.61 bits per heavy atom. The van der Waals surface area contributed by atoms with E-state index in [1.807, 2.05) is 0 Å². The van der Waals surface area contributed by atoms with Gasteiger partial charge in [-0.25, -0.2) is 4.39 Å². The SMILES string of the molecule is CC(NC(=O)c1cc2c(O)c(Cl)ccc2n1C)c1ccc(CC(=O)O)cc1F. The monoisotopic (exact) mass is 404 g/mol. The molecule has 1 atom stereocenters. The van der Waals surface area contributed by atoms with Crippen molar-refractivity contribution < 1.29 is 24.2 Å². The topological polar surface area (TPSA) is 91.6 Å². The maximum atomic E-state index is 14.4. The van der Waals surface area contributed by atoms with Crippen molar-refractivity contribution in [1.29, 1.82) is 0 Å². The van der Waals surface area contributed by atoms with Crippen LogP contribution in [0.3, 0.4) is 0 Å². The summed E-state index contributed by atoms with van der Waals surface area (Å²) in [4.78, 5) is 23.4. The third-order valence-electron chi connectivity index (χ3n) is 4.62. The summed E-state index contributed by atoms with van der Waals surface area (Å²) in [6.45, 7) is 1.63. The van der Waals surface area contributed by atoms with Gasteiger partial charge in [-0.1, -0.05) is 23.7 Å². The molecule has 0 fully saturated rings. The minimum atomic E-state index is -1.05. The first-order valence-corrected chi connectivity index (χ1v) is 8.84. The fourth-order valence-electron chi connectivity index (χ4n) is 3.14. The molecule has 1 aromatic heterocycles. The van der Waals surface area contributed by atoms with Crippen LogP contribution in [-0.2, 0) is 18.3 Å². The Balaban J connectivity index is 1.85. The number of carbonyl (C=O) groups excluding carboxylic acids is 1. The molecule has 28 heavy (non-hydrogen) atoms. The first-order valence-electron chi connectivity index (χ1n) is 8.47. The average molecular weight is 405 g/mol. The predicted molar refractivity (Wildman–Crippen MR) is 103 cm³/mol. The Labute approximate surface area is 165 Å². The molecule has 6 nitrogen and oxygen atoms in total. The maximum Gasteiger partial charge on any atom is 0.307 e.